The van der Waals surface area contributed by atoms with Crippen LogP contribution in [0.4, 0.5) is 22.0 Å². The third-order valence-electron chi connectivity index (χ3n) is 7.23. The molecule has 0 aliphatic heterocycles. The number of rotatable bonds is 10. The zero-order chi connectivity index (χ0) is 34.0. The number of aromatic nitrogens is 1. The fourth-order valence-corrected chi connectivity index (χ4v) is 5.34. The number of nitrogens with zero attached hydrogens (tertiary/aromatic N) is 1. The van der Waals surface area contributed by atoms with E-state index in [9.17, 15) is 37.5 Å². The molecule has 3 N–H and O–H groups in total. The molecule has 1 aromatic heterocycles. The van der Waals surface area contributed by atoms with E-state index in [0.717, 1.165) is 10.1 Å². The number of amides is 2. The van der Waals surface area contributed by atoms with Gasteiger partial charge in [0, 0.05) is 24.4 Å². The van der Waals surface area contributed by atoms with Crippen molar-refractivity contribution in [1.29, 1.82) is 0 Å². The Labute approximate surface area is 256 Å². The third-order valence-corrected chi connectivity index (χ3v) is 7.23. The molecule has 2 atom stereocenters. The SMILES string of the molecule is Cc1cc(C)c(-c2cc(C(F)(F)F)c(F)c([C@H](CC(=O)O)NC(=O)[C@H](CC(C)C)NC(=O)c3cccn(C)c3=O)c2F)c(C)c1. The van der Waals surface area contributed by atoms with Crippen molar-refractivity contribution >= 4 is 17.8 Å². The van der Waals surface area contributed by atoms with Crippen LogP contribution in [0.1, 0.15) is 70.9 Å². The monoisotopic (exact) mass is 635 g/mol. The Kier molecular flexibility index (Phi) is 10.6. The van der Waals surface area contributed by atoms with Crippen LogP contribution in [0.15, 0.2) is 41.3 Å². The minimum Gasteiger partial charge on any atom is -0.481 e. The van der Waals surface area contributed by atoms with Crippen LogP contribution in [-0.4, -0.2) is 33.5 Å². The standard InChI is InChI=1S/C32H34F5N3O5/c1-15(2)10-23(39-29(43)19-8-7-9-40(6)31(19)45)30(44)38-22(14-24(41)42)26-27(33)20(13-21(28(26)34)32(35,36)37)25-17(4)11-16(3)12-18(25)5/h7-9,11-13,15,22-23H,10,14H2,1-6H3,(H,38,44)(H,39,43)(H,41,42)/t22-,23-/m0/s1. The summed E-state index contributed by atoms with van der Waals surface area (Å²) in [5.41, 5.74) is -3.16. The summed E-state index contributed by atoms with van der Waals surface area (Å²) in [5.74, 6) is -7.54. The van der Waals surface area contributed by atoms with E-state index in [4.69, 9.17) is 0 Å². The van der Waals surface area contributed by atoms with Gasteiger partial charge in [-0.3, -0.25) is 19.2 Å². The third kappa shape index (κ3) is 7.95. The Morgan fingerprint density at radius 3 is 2.11 bits per heavy atom. The molecule has 242 valence electrons. The van der Waals surface area contributed by atoms with Gasteiger partial charge in [0.2, 0.25) is 5.91 Å². The molecule has 1 heterocycles. The predicted molar refractivity (Wildman–Crippen MR) is 157 cm³/mol. The van der Waals surface area contributed by atoms with Crippen molar-refractivity contribution in [3.63, 3.8) is 0 Å². The second kappa shape index (κ2) is 13.6. The van der Waals surface area contributed by atoms with Crippen molar-refractivity contribution in [2.45, 2.75) is 65.7 Å². The van der Waals surface area contributed by atoms with E-state index >= 15 is 8.78 Å². The lowest BCUT2D eigenvalue weighted by Crippen LogP contribution is -2.49. The smallest absolute Gasteiger partial charge is 0.419 e. The van der Waals surface area contributed by atoms with Crippen LogP contribution >= 0.6 is 0 Å². The topological polar surface area (TPSA) is 118 Å². The summed E-state index contributed by atoms with van der Waals surface area (Å²) in [6, 6.07) is 2.63. The fraction of sp³-hybridized carbons (Fsp3) is 0.375. The van der Waals surface area contributed by atoms with Crippen molar-refractivity contribution < 1.29 is 41.4 Å². The normalized spacial score (nSPS) is 13.0. The molecule has 0 saturated heterocycles. The van der Waals surface area contributed by atoms with Crippen molar-refractivity contribution in [3.8, 4) is 11.1 Å². The van der Waals surface area contributed by atoms with E-state index in [1.165, 1.54) is 25.4 Å². The van der Waals surface area contributed by atoms with E-state index in [1.807, 2.05) is 0 Å². The summed E-state index contributed by atoms with van der Waals surface area (Å²) < 4.78 is 75.4. The van der Waals surface area contributed by atoms with E-state index in [0.29, 0.717) is 17.2 Å². The Morgan fingerprint density at radius 1 is 0.978 bits per heavy atom. The number of aliphatic carboxylic acids is 1. The predicted octanol–water partition coefficient (Wildman–Crippen LogP) is 5.75. The lowest BCUT2D eigenvalue weighted by Gasteiger charge is -2.26. The summed E-state index contributed by atoms with van der Waals surface area (Å²) in [6.07, 6.45) is -5.15. The average molecular weight is 636 g/mol. The van der Waals surface area contributed by atoms with Gasteiger partial charge >= 0.3 is 12.1 Å². The molecular formula is C32H34F5N3O5. The van der Waals surface area contributed by atoms with Gasteiger partial charge in [-0.25, -0.2) is 8.78 Å². The van der Waals surface area contributed by atoms with E-state index in [1.54, 1.807) is 46.8 Å². The number of carbonyl (C=O) groups excluding carboxylic acids is 2. The van der Waals surface area contributed by atoms with Crippen LogP contribution < -0.4 is 16.2 Å². The summed E-state index contributed by atoms with van der Waals surface area (Å²) >= 11 is 0. The Morgan fingerprint density at radius 2 is 1.58 bits per heavy atom. The summed E-state index contributed by atoms with van der Waals surface area (Å²) in [6.45, 7) is 8.19. The van der Waals surface area contributed by atoms with Crippen LogP contribution in [0.3, 0.4) is 0 Å². The quantitative estimate of drug-likeness (QED) is 0.245. The molecule has 0 unspecified atom stereocenters. The Bertz CT molecular complexity index is 1670. The highest BCUT2D eigenvalue weighted by Gasteiger charge is 2.40. The van der Waals surface area contributed by atoms with Crippen LogP contribution in [0.2, 0.25) is 0 Å². The molecule has 8 nitrogen and oxygen atoms in total. The minimum absolute atomic E-state index is 0.0552. The van der Waals surface area contributed by atoms with Gasteiger partial charge in [-0.1, -0.05) is 31.5 Å². The largest absolute Gasteiger partial charge is 0.481 e. The second-order valence-electron chi connectivity index (χ2n) is 11.4. The molecular weight excluding hydrogens is 601 g/mol. The van der Waals surface area contributed by atoms with Gasteiger partial charge in [0.15, 0.2) is 0 Å². The number of nitrogens with one attached hydrogen (secondary N) is 2. The summed E-state index contributed by atoms with van der Waals surface area (Å²) in [7, 11) is 1.40. The highest BCUT2D eigenvalue weighted by atomic mass is 19.4. The van der Waals surface area contributed by atoms with Crippen molar-refractivity contribution in [2.75, 3.05) is 0 Å². The van der Waals surface area contributed by atoms with Gasteiger partial charge in [-0.15, -0.1) is 0 Å². The fourth-order valence-electron chi connectivity index (χ4n) is 5.34. The first kappa shape index (κ1) is 34.9. The van der Waals surface area contributed by atoms with Crippen LogP contribution in [0.5, 0.6) is 0 Å². The Hall–Kier alpha value is -4.55. The number of hydrogen-bond acceptors (Lipinski definition) is 4. The number of pyridine rings is 1. The van der Waals surface area contributed by atoms with Gasteiger partial charge in [0.1, 0.15) is 23.2 Å². The van der Waals surface area contributed by atoms with E-state index in [-0.39, 0.29) is 23.5 Å². The number of carboxylic acid groups (broad SMARTS) is 1. The van der Waals surface area contributed by atoms with Gasteiger partial charge in [-0.2, -0.15) is 13.2 Å². The molecule has 0 radical (unpaired) electrons. The maximum Gasteiger partial charge on any atom is 0.419 e. The number of benzene rings is 2. The molecule has 3 rings (SSSR count). The van der Waals surface area contributed by atoms with Crippen LogP contribution in [0.25, 0.3) is 11.1 Å². The molecule has 0 saturated carbocycles. The first-order valence-corrected chi connectivity index (χ1v) is 14.0. The highest BCUT2D eigenvalue weighted by molar-refractivity contribution is 5.97. The number of halogens is 5. The first-order valence-electron chi connectivity index (χ1n) is 14.0. The van der Waals surface area contributed by atoms with Crippen molar-refractivity contribution in [2.24, 2.45) is 13.0 Å². The lowest BCUT2D eigenvalue weighted by atomic mass is 9.88. The molecule has 13 heteroatoms. The average Bonchev–Trinajstić information content (AvgIpc) is 2.89. The van der Waals surface area contributed by atoms with Crippen molar-refractivity contribution in [3.05, 3.63) is 91.9 Å². The molecule has 2 amide bonds. The lowest BCUT2D eigenvalue weighted by molar-refractivity contribution is -0.140. The van der Waals surface area contributed by atoms with Gasteiger partial charge < -0.3 is 20.3 Å². The van der Waals surface area contributed by atoms with Crippen molar-refractivity contribution in [1.82, 2.24) is 15.2 Å². The maximum absolute atomic E-state index is 16.3. The molecule has 0 fully saturated rings. The molecule has 0 bridgehead atoms. The molecule has 2 aromatic carbocycles. The number of carbonyl (C=O) groups is 3. The van der Waals surface area contributed by atoms with Crippen LogP contribution in [-0.2, 0) is 22.8 Å². The molecule has 0 aliphatic carbocycles. The van der Waals surface area contributed by atoms with Gasteiger partial charge in [0.05, 0.1) is 18.0 Å². The maximum atomic E-state index is 16.3. The van der Waals surface area contributed by atoms with Gasteiger partial charge in [0.25, 0.3) is 11.5 Å². The summed E-state index contributed by atoms with van der Waals surface area (Å²) in [5, 5.41) is 14.1. The molecule has 45 heavy (non-hydrogen) atoms. The number of hydrogen-bond donors (Lipinski definition) is 3. The Balaban J connectivity index is 2.18. The molecule has 0 aliphatic rings. The minimum atomic E-state index is -5.30. The summed E-state index contributed by atoms with van der Waals surface area (Å²) in [4.78, 5) is 50.7. The van der Waals surface area contributed by atoms with Crippen LogP contribution in [0, 0.1) is 38.3 Å². The number of alkyl halides is 3. The highest BCUT2D eigenvalue weighted by Crippen LogP contribution is 2.42. The second-order valence-corrected chi connectivity index (χ2v) is 11.4. The van der Waals surface area contributed by atoms with E-state index in [2.05, 4.69) is 10.6 Å². The zero-order valence-electron chi connectivity index (χ0n) is 25.5. The van der Waals surface area contributed by atoms with E-state index < -0.39 is 76.3 Å². The number of aryl methyl sites for hydroxylation is 4. The molecule has 3 aromatic rings. The number of carboxylic acids is 1. The zero-order valence-corrected chi connectivity index (χ0v) is 25.5. The molecule has 0 spiro atoms. The first-order chi connectivity index (χ1) is 20.8. The van der Waals surface area contributed by atoms with Gasteiger partial charge in [-0.05, 0) is 68.0 Å².